The molecule has 0 saturated carbocycles. The van der Waals surface area contributed by atoms with Gasteiger partial charge in [-0.2, -0.15) is 0 Å². The van der Waals surface area contributed by atoms with E-state index in [1.807, 2.05) is 24.4 Å². The number of rotatable bonds is 4. The molecule has 4 nitrogen and oxygen atoms in total. The molecular formula is C27H25BrN4S. The predicted octanol–water partition coefficient (Wildman–Crippen LogP) is 6.74. The Morgan fingerprint density at radius 1 is 0.909 bits per heavy atom. The zero-order valence-corrected chi connectivity index (χ0v) is 21.2. The summed E-state index contributed by atoms with van der Waals surface area (Å²) in [4.78, 5) is 6.92. The highest BCUT2D eigenvalue weighted by Gasteiger charge is 2.42. The van der Waals surface area contributed by atoms with Crippen molar-refractivity contribution in [3.63, 3.8) is 0 Å². The number of aryl methyl sites for hydroxylation is 2. The van der Waals surface area contributed by atoms with Gasteiger partial charge in [-0.15, -0.1) is 0 Å². The van der Waals surface area contributed by atoms with Crippen molar-refractivity contribution in [3.05, 3.63) is 112 Å². The first-order valence-electron chi connectivity index (χ1n) is 11.0. The van der Waals surface area contributed by atoms with Gasteiger partial charge in [-0.3, -0.25) is 4.98 Å². The van der Waals surface area contributed by atoms with E-state index in [1.54, 1.807) is 0 Å². The van der Waals surface area contributed by atoms with Gasteiger partial charge >= 0.3 is 0 Å². The highest BCUT2D eigenvalue weighted by atomic mass is 79.9. The molecule has 0 aliphatic carbocycles. The van der Waals surface area contributed by atoms with Crippen LogP contribution < -0.4 is 10.2 Å². The molecule has 3 heterocycles. The standard InChI is InChI=1S/C27H25BrN4S/c1-17-10-12-21(13-11-17)32-26(25(30-27(32)33)24-9-4-5-14-29-24)23-15-18(2)31(19(23)3)22-8-6-7-20(28)16-22/h4-16,25-26H,1-3H3,(H,30,33)/t25-,26+/m0/s1. The van der Waals surface area contributed by atoms with Gasteiger partial charge in [0.1, 0.15) is 0 Å². The summed E-state index contributed by atoms with van der Waals surface area (Å²) in [7, 11) is 0. The molecule has 33 heavy (non-hydrogen) atoms. The van der Waals surface area contributed by atoms with Crippen molar-refractivity contribution < 1.29 is 0 Å². The van der Waals surface area contributed by atoms with Gasteiger partial charge in [0.25, 0.3) is 0 Å². The van der Waals surface area contributed by atoms with Crippen molar-refractivity contribution >= 4 is 38.9 Å². The molecule has 166 valence electrons. The maximum atomic E-state index is 5.88. The van der Waals surface area contributed by atoms with E-state index in [9.17, 15) is 0 Å². The number of pyridine rings is 1. The van der Waals surface area contributed by atoms with Crippen LogP contribution in [0, 0.1) is 20.8 Å². The van der Waals surface area contributed by atoms with Crippen molar-refractivity contribution in [3.8, 4) is 5.69 Å². The Bertz CT molecular complexity index is 1310. The summed E-state index contributed by atoms with van der Waals surface area (Å²) >= 11 is 9.50. The average molecular weight is 517 g/mol. The summed E-state index contributed by atoms with van der Waals surface area (Å²) in [6.45, 7) is 6.45. The first kappa shape index (κ1) is 21.9. The molecule has 0 bridgehead atoms. The smallest absolute Gasteiger partial charge is 0.174 e. The van der Waals surface area contributed by atoms with E-state index in [0.717, 1.165) is 21.5 Å². The lowest BCUT2D eigenvalue weighted by atomic mass is 9.96. The van der Waals surface area contributed by atoms with Crippen LogP contribution in [-0.4, -0.2) is 14.7 Å². The Balaban J connectivity index is 1.68. The van der Waals surface area contributed by atoms with E-state index in [-0.39, 0.29) is 12.1 Å². The second-order valence-corrected chi connectivity index (χ2v) is 9.78. The number of benzene rings is 2. The average Bonchev–Trinajstić information content (AvgIpc) is 3.30. The van der Waals surface area contributed by atoms with E-state index in [1.165, 1.54) is 22.5 Å². The molecule has 0 radical (unpaired) electrons. The highest BCUT2D eigenvalue weighted by Crippen LogP contribution is 2.43. The van der Waals surface area contributed by atoms with Crippen LogP contribution >= 0.6 is 28.1 Å². The first-order valence-corrected chi connectivity index (χ1v) is 12.2. The van der Waals surface area contributed by atoms with Crippen LogP contribution in [0.4, 0.5) is 5.69 Å². The fraction of sp³-hybridized carbons (Fsp3) is 0.185. The topological polar surface area (TPSA) is 33.1 Å². The summed E-state index contributed by atoms with van der Waals surface area (Å²) in [5.74, 6) is 0. The number of hydrogen-bond donors (Lipinski definition) is 1. The number of thiocarbonyl (C=S) groups is 1. The third-order valence-corrected chi connectivity index (χ3v) is 7.07. The fourth-order valence-electron chi connectivity index (χ4n) is 4.75. The third kappa shape index (κ3) is 3.98. The van der Waals surface area contributed by atoms with Crippen LogP contribution in [0.1, 0.15) is 40.3 Å². The quantitative estimate of drug-likeness (QED) is 0.304. The Hall–Kier alpha value is -2.96. The monoisotopic (exact) mass is 516 g/mol. The normalized spacial score (nSPS) is 17.9. The van der Waals surface area contributed by atoms with Crippen molar-refractivity contribution in [2.24, 2.45) is 0 Å². The maximum absolute atomic E-state index is 5.88. The third-order valence-electron chi connectivity index (χ3n) is 6.27. The number of anilines is 1. The maximum Gasteiger partial charge on any atom is 0.174 e. The second kappa shape index (κ2) is 8.76. The van der Waals surface area contributed by atoms with Crippen LogP contribution in [0.15, 0.2) is 83.5 Å². The molecule has 1 N–H and O–H groups in total. The highest BCUT2D eigenvalue weighted by molar-refractivity contribution is 9.10. The Morgan fingerprint density at radius 2 is 1.70 bits per heavy atom. The molecular weight excluding hydrogens is 492 g/mol. The summed E-state index contributed by atoms with van der Waals surface area (Å²) in [5.41, 5.74) is 8.02. The van der Waals surface area contributed by atoms with Crippen LogP contribution in [0.2, 0.25) is 0 Å². The minimum absolute atomic E-state index is 0.0257. The minimum Gasteiger partial charge on any atom is -0.351 e. The van der Waals surface area contributed by atoms with E-state index in [2.05, 4.69) is 111 Å². The van der Waals surface area contributed by atoms with Gasteiger partial charge in [-0.1, -0.05) is 45.8 Å². The molecule has 5 rings (SSSR count). The molecule has 1 saturated heterocycles. The predicted molar refractivity (Wildman–Crippen MR) is 142 cm³/mol. The minimum atomic E-state index is -0.0588. The lowest BCUT2D eigenvalue weighted by Crippen LogP contribution is -2.29. The summed E-state index contributed by atoms with van der Waals surface area (Å²) in [5, 5.41) is 4.28. The van der Waals surface area contributed by atoms with Gasteiger partial charge in [0.15, 0.2) is 5.11 Å². The molecule has 0 unspecified atom stereocenters. The van der Waals surface area contributed by atoms with Gasteiger partial charge in [-0.25, -0.2) is 0 Å². The SMILES string of the molecule is Cc1ccc(N2C(=S)N[C@@H](c3ccccn3)[C@H]2c2cc(C)n(-c3cccc(Br)c3)c2C)cc1. The van der Waals surface area contributed by atoms with Crippen molar-refractivity contribution in [2.45, 2.75) is 32.9 Å². The Labute approximate surface area is 208 Å². The van der Waals surface area contributed by atoms with Crippen molar-refractivity contribution in [2.75, 3.05) is 4.90 Å². The molecule has 1 aliphatic rings. The van der Waals surface area contributed by atoms with E-state index >= 15 is 0 Å². The van der Waals surface area contributed by atoms with Crippen LogP contribution in [-0.2, 0) is 0 Å². The molecule has 0 amide bonds. The number of aromatic nitrogens is 2. The van der Waals surface area contributed by atoms with Gasteiger partial charge in [0, 0.05) is 33.4 Å². The van der Waals surface area contributed by atoms with Crippen molar-refractivity contribution in [1.29, 1.82) is 0 Å². The van der Waals surface area contributed by atoms with Gasteiger partial charge in [0.2, 0.25) is 0 Å². The van der Waals surface area contributed by atoms with Gasteiger partial charge in [0.05, 0.1) is 17.8 Å². The fourth-order valence-corrected chi connectivity index (χ4v) is 5.49. The zero-order valence-electron chi connectivity index (χ0n) is 18.8. The molecule has 2 aromatic carbocycles. The van der Waals surface area contributed by atoms with Crippen molar-refractivity contribution in [1.82, 2.24) is 14.9 Å². The largest absolute Gasteiger partial charge is 0.351 e. The molecule has 4 aromatic rings. The summed E-state index contributed by atoms with van der Waals surface area (Å²) in [6.07, 6.45) is 1.84. The van der Waals surface area contributed by atoms with E-state index in [0.29, 0.717) is 5.11 Å². The molecule has 2 aromatic heterocycles. The number of nitrogens with zero attached hydrogens (tertiary/aromatic N) is 3. The molecule has 6 heteroatoms. The lowest BCUT2D eigenvalue weighted by molar-refractivity contribution is 0.565. The number of hydrogen-bond acceptors (Lipinski definition) is 2. The van der Waals surface area contributed by atoms with Gasteiger partial charge < -0.3 is 14.8 Å². The van der Waals surface area contributed by atoms with Crippen LogP contribution in [0.25, 0.3) is 5.69 Å². The van der Waals surface area contributed by atoms with Crippen LogP contribution in [0.5, 0.6) is 0 Å². The Kier molecular flexibility index (Phi) is 5.81. The molecule has 2 atom stereocenters. The Morgan fingerprint density at radius 3 is 2.39 bits per heavy atom. The second-order valence-electron chi connectivity index (χ2n) is 8.47. The summed E-state index contributed by atoms with van der Waals surface area (Å²) in [6, 6.07) is 25.2. The first-order chi connectivity index (χ1) is 15.9. The number of nitrogens with one attached hydrogen (secondary N) is 1. The summed E-state index contributed by atoms with van der Waals surface area (Å²) < 4.78 is 3.37. The van der Waals surface area contributed by atoms with Crippen LogP contribution in [0.3, 0.4) is 0 Å². The molecule has 0 spiro atoms. The van der Waals surface area contributed by atoms with E-state index in [4.69, 9.17) is 12.2 Å². The number of halogens is 1. The lowest BCUT2D eigenvalue weighted by Gasteiger charge is -2.28. The van der Waals surface area contributed by atoms with Gasteiger partial charge in [-0.05, 0) is 87.1 Å². The molecule has 1 fully saturated rings. The molecule has 1 aliphatic heterocycles. The van der Waals surface area contributed by atoms with E-state index < -0.39 is 0 Å². The zero-order chi connectivity index (χ0) is 23.1.